The van der Waals surface area contributed by atoms with Gasteiger partial charge in [-0.1, -0.05) is 26.0 Å². The minimum Gasteiger partial charge on any atom is -0.486 e. The van der Waals surface area contributed by atoms with Gasteiger partial charge in [-0.2, -0.15) is 0 Å². The van der Waals surface area contributed by atoms with Gasteiger partial charge in [0.15, 0.2) is 17.3 Å². The van der Waals surface area contributed by atoms with E-state index in [-0.39, 0.29) is 0 Å². The predicted molar refractivity (Wildman–Crippen MR) is 131 cm³/mol. The molecule has 3 aromatic rings. The Morgan fingerprint density at radius 1 is 1.03 bits per heavy atom. The monoisotopic (exact) mass is 434 g/mol. The molecule has 1 aliphatic heterocycles. The van der Waals surface area contributed by atoms with E-state index in [4.69, 9.17) is 19.4 Å². The molecule has 2 heterocycles. The molecule has 0 saturated heterocycles. The van der Waals surface area contributed by atoms with Crippen molar-refractivity contribution >= 4 is 16.7 Å². The molecule has 0 spiro atoms. The van der Waals surface area contributed by atoms with Gasteiger partial charge < -0.3 is 19.7 Å². The molecule has 1 aromatic heterocycles. The maximum Gasteiger partial charge on any atom is 0.162 e. The van der Waals surface area contributed by atoms with Crippen LogP contribution in [0.1, 0.15) is 39.2 Å². The van der Waals surface area contributed by atoms with Crippen molar-refractivity contribution in [2.24, 2.45) is 0 Å². The zero-order valence-electron chi connectivity index (χ0n) is 19.6. The highest BCUT2D eigenvalue weighted by atomic mass is 16.6. The minimum absolute atomic E-state index is 0.317. The van der Waals surface area contributed by atoms with Crippen molar-refractivity contribution < 1.29 is 9.47 Å². The van der Waals surface area contributed by atoms with E-state index in [1.807, 2.05) is 18.2 Å². The van der Waals surface area contributed by atoms with E-state index in [9.17, 15) is 0 Å². The van der Waals surface area contributed by atoms with E-state index in [0.29, 0.717) is 25.1 Å². The summed E-state index contributed by atoms with van der Waals surface area (Å²) in [6.45, 7) is 13.3. The Hall–Kier alpha value is -2.86. The number of fused-ring (bicyclic) bond motifs is 2. The molecular formula is C26H34N4O2. The number of para-hydroxylation sites is 1. The highest BCUT2D eigenvalue weighted by Crippen LogP contribution is 2.35. The molecule has 1 aliphatic rings. The summed E-state index contributed by atoms with van der Waals surface area (Å²) in [7, 11) is 0. The third kappa shape index (κ3) is 4.96. The topological polar surface area (TPSA) is 59.5 Å². The molecule has 6 heteroatoms. The van der Waals surface area contributed by atoms with Crippen LogP contribution < -0.4 is 14.8 Å². The molecule has 0 aliphatic carbocycles. The first kappa shape index (κ1) is 22.3. The summed E-state index contributed by atoms with van der Waals surface area (Å²) < 4.78 is 11.4. The maximum absolute atomic E-state index is 5.77. The molecule has 1 atom stereocenters. The molecule has 170 valence electrons. The molecular weight excluding hydrogens is 400 g/mol. The third-order valence-electron chi connectivity index (χ3n) is 6.12. The van der Waals surface area contributed by atoms with Gasteiger partial charge in [-0.15, -0.1) is 0 Å². The molecule has 6 nitrogen and oxygen atoms in total. The van der Waals surface area contributed by atoms with Crippen LogP contribution in [0.25, 0.3) is 22.3 Å². The van der Waals surface area contributed by atoms with Crippen LogP contribution in [-0.2, 0) is 0 Å². The van der Waals surface area contributed by atoms with Gasteiger partial charge in [0, 0.05) is 17.0 Å². The lowest BCUT2D eigenvalue weighted by molar-refractivity contribution is 0.171. The fraction of sp³-hybridized carbons (Fsp3) is 0.462. The van der Waals surface area contributed by atoms with Crippen molar-refractivity contribution in [1.29, 1.82) is 0 Å². The van der Waals surface area contributed by atoms with Gasteiger partial charge in [-0.3, -0.25) is 0 Å². The second-order valence-corrected chi connectivity index (χ2v) is 8.44. The van der Waals surface area contributed by atoms with Crippen LogP contribution >= 0.6 is 0 Å². The fourth-order valence-electron chi connectivity index (χ4n) is 4.18. The lowest BCUT2D eigenvalue weighted by atomic mass is 10.1. The Labute approximate surface area is 191 Å². The first-order chi connectivity index (χ1) is 15.6. The summed E-state index contributed by atoms with van der Waals surface area (Å²) in [6.07, 6.45) is 2.25. The quantitative estimate of drug-likeness (QED) is 0.493. The molecule has 2 aromatic carbocycles. The third-order valence-corrected chi connectivity index (χ3v) is 6.12. The van der Waals surface area contributed by atoms with Gasteiger partial charge in [-0.25, -0.2) is 9.97 Å². The molecule has 0 radical (unpaired) electrons. The van der Waals surface area contributed by atoms with E-state index in [2.05, 4.69) is 56.1 Å². The average Bonchev–Trinajstić information content (AvgIpc) is 2.82. The summed E-state index contributed by atoms with van der Waals surface area (Å²) in [4.78, 5) is 12.3. The molecule has 0 fully saturated rings. The van der Waals surface area contributed by atoms with Gasteiger partial charge >= 0.3 is 0 Å². The molecule has 0 amide bonds. The highest BCUT2D eigenvalue weighted by molar-refractivity contribution is 5.92. The normalized spacial score (nSPS) is 14.0. The molecule has 1 N–H and O–H groups in total. The van der Waals surface area contributed by atoms with Crippen LogP contribution in [0.5, 0.6) is 11.5 Å². The zero-order valence-corrected chi connectivity index (χ0v) is 19.6. The molecule has 32 heavy (non-hydrogen) atoms. The van der Waals surface area contributed by atoms with Crippen molar-refractivity contribution in [3.05, 3.63) is 42.0 Å². The second-order valence-electron chi connectivity index (χ2n) is 8.44. The summed E-state index contributed by atoms with van der Waals surface area (Å²) in [6, 6.07) is 12.5. The SMILES string of the molecule is CCN(CC)CCCC(C)Nc1nc(-c2ccc3c(c2)OCCO3)nc2c(C)cccc12. The number of anilines is 1. The molecule has 4 rings (SSSR count). The van der Waals surface area contributed by atoms with Crippen LogP contribution in [0.15, 0.2) is 36.4 Å². The second kappa shape index (κ2) is 10.2. The van der Waals surface area contributed by atoms with E-state index in [1.54, 1.807) is 0 Å². The van der Waals surface area contributed by atoms with Crippen LogP contribution in [0.4, 0.5) is 5.82 Å². The summed E-state index contributed by atoms with van der Waals surface area (Å²) in [5.41, 5.74) is 3.04. The van der Waals surface area contributed by atoms with Gasteiger partial charge in [0.1, 0.15) is 19.0 Å². The maximum atomic E-state index is 5.77. The smallest absolute Gasteiger partial charge is 0.162 e. The number of rotatable bonds is 9. The number of aryl methyl sites for hydroxylation is 1. The number of hydrogen-bond donors (Lipinski definition) is 1. The molecule has 0 bridgehead atoms. The summed E-state index contributed by atoms with van der Waals surface area (Å²) in [5.74, 6) is 3.11. The van der Waals surface area contributed by atoms with Crippen molar-refractivity contribution in [3.8, 4) is 22.9 Å². The fourth-order valence-corrected chi connectivity index (χ4v) is 4.18. The Bertz CT molecular complexity index is 1070. The Balaban J connectivity index is 1.61. The number of nitrogens with one attached hydrogen (secondary N) is 1. The van der Waals surface area contributed by atoms with E-state index < -0.39 is 0 Å². The van der Waals surface area contributed by atoms with Gasteiger partial charge in [0.25, 0.3) is 0 Å². The lowest BCUT2D eigenvalue weighted by Gasteiger charge is -2.21. The first-order valence-electron chi connectivity index (χ1n) is 11.7. The van der Waals surface area contributed by atoms with Gasteiger partial charge in [0.05, 0.1) is 5.52 Å². The standard InChI is InChI=1S/C26H34N4O2/c1-5-30(6-2)14-8-10-19(4)27-26-21-11-7-9-18(3)24(21)28-25(29-26)20-12-13-22-23(17-20)32-16-15-31-22/h7,9,11-13,17,19H,5-6,8,10,14-16H2,1-4H3,(H,27,28,29). The van der Waals surface area contributed by atoms with Crippen molar-refractivity contribution in [3.63, 3.8) is 0 Å². The summed E-state index contributed by atoms with van der Waals surface area (Å²) in [5, 5.41) is 4.73. The minimum atomic E-state index is 0.317. The molecule has 1 unspecified atom stereocenters. The Morgan fingerprint density at radius 2 is 1.81 bits per heavy atom. The Morgan fingerprint density at radius 3 is 2.59 bits per heavy atom. The van der Waals surface area contributed by atoms with Gasteiger partial charge in [0.2, 0.25) is 0 Å². The predicted octanol–water partition coefficient (Wildman–Crippen LogP) is 5.30. The zero-order chi connectivity index (χ0) is 22.5. The highest BCUT2D eigenvalue weighted by Gasteiger charge is 2.17. The van der Waals surface area contributed by atoms with E-state index in [0.717, 1.165) is 71.8 Å². The van der Waals surface area contributed by atoms with Crippen molar-refractivity contribution in [2.45, 2.75) is 46.6 Å². The average molecular weight is 435 g/mol. The van der Waals surface area contributed by atoms with Gasteiger partial charge in [-0.05, 0) is 76.2 Å². The first-order valence-corrected chi connectivity index (χ1v) is 11.7. The number of ether oxygens (including phenoxy) is 2. The van der Waals surface area contributed by atoms with Crippen molar-refractivity contribution in [1.82, 2.24) is 14.9 Å². The molecule has 0 saturated carbocycles. The largest absolute Gasteiger partial charge is 0.486 e. The number of aromatic nitrogens is 2. The van der Waals surface area contributed by atoms with Crippen LogP contribution in [-0.4, -0.2) is 53.8 Å². The number of benzene rings is 2. The lowest BCUT2D eigenvalue weighted by Crippen LogP contribution is -2.25. The summed E-state index contributed by atoms with van der Waals surface area (Å²) >= 11 is 0. The van der Waals surface area contributed by atoms with E-state index in [1.165, 1.54) is 0 Å². The van der Waals surface area contributed by atoms with Crippen molar-refractivity contribution in [2.75, 3.05) is 38.2 Å². The number of hydrogen-bond acceptors (Lipinski definition) is 6. The van der Waals surface area contributed by atoms with Crippen LogP contribution in [0.2, 0.25) is 0 Å². The van der Waals surface area contributed by atoms with Crippen LogP contribution in [0, 0.1) is 6.92 Å². The number of nitrogens with zero attached hydrogens (tertiary/aromatic N) is 3. The van der Waals surface area contributed by atoms with E-state index >= 15 is 0 Å². The Kier molecular flexibility index (Phi) is 7.10. The van der Waals surface area contributed by atoms with Crippen LogP contribution in [0.3, 0.4) is 0 Å².